The van der Waals surface area contributed by atoms with Crippen LogP contribution in [0, 0.1) is 5.92 Å². The smallest absolute Gasteiger partial charge is 0.252 e. The Kier molecular flexibility index (Phi) is 3.82. The number of anilines is 1. The van der Waals surface area contributed by atoms with E-state index in [4.69, 9.17) is 0 Å². The maximum absolute atomic E-state index is 11.4. The molecule has 0 radical (unpaired) electrons. The van der Waals surface area contributed by atoms with Gasteiger partial charge in [-0.15, -0.1) is 0 Å². The first-order valence-corrected chi connectivity index (χ1v) is 6.50. The molecule has 0 spiro atoms. The average Bonchev–Trinajstić information content (AvgIpc) is 3.07. The van der Waals surface area contributed by atoms with Crippen LogP contribution in [0.5, 0.6) is 0 Å². The van der Waals surface area contributed by atoms with E-state index in [2.05, 4.69) is 29.1 Å². The minimum absolute atomic E-state index is 0.0479. The van der Waals surface area contributed by atoms with E-state index in [0.29, 0.717) is 5.92 Å². The fraction of sp³-hybridized carbons (Fsp3) is 0.692. The maximum atomic E-state index is 11.4. The van der Waals surface area contributed by atoms with E-state index in [1.807, 2.05) is 0 Å². The number of hydrogen-bond donors (Lipinski definition) is 2. The van der Waals surface area contributed by atoms with Crippen molar-refractivity contribution in [1.29, 1.82) is 0 Å². The van der Waals surface area contributed by atoms with E-state index < -0.39 is 0 Å². The largest absolute Gasteiger partial charge is 0.370 e. The summed E-state index contributed by atoms with van der Waals surface area (Å²) in [7, 11) is 0. The molecule has 0 atom stereocenters. The lowest BCUT2D eigenvalue weighted by Gasteiger charge is -2.08. The molecule has 17 heavy (non-hydrogen) atoms. The van der Waals surface area contributed by atoms with Gasteiger partial charge in [-0.3, -0.25) is 4.79 Å². The lowest BCUT2D eigenvalue weighted by Crippen LogP contribution is -2.14. The third-order valence-corrected chi connectivity index (χ3v) is 2.99. The molecule has 1 aromatic heterocycles. The summed E-state index contributed by atoms with van der Waals surface area (Å²) < 4.78 is 0. The Morgan fingerprint density at radius 3 is 2.94 bits per heavy atom. The van der Waals surface area contributed by atoms with Gasteiger partial charge in [-0.05, 0) is 31.6 Å². The predicted molar refractivity (Wildman–Crippen MR) is 69.4 cm³/mol. The number of H-pyrrole nitrogens is 1. The van der Waals surface area contributed by atoms with Crippen molar-refractivity contribution >= 4 is 5.82 Å². The lowest BCUT2D eigenvalue weighted by atomic mass is 10.1. The third-order valence-electron chi connectivity index (χ3n) is 2.99. The van der Waals surface area contributed by atoms with Gasteiger partial charge in [-0.2, -0.15) is 0 Å². The molecule has 0 aliphatic heterocycles. The summed E-state index contributed by atoms with van der Waals surface area (Å²) in [4.78, 5) is 18.7. The number of nitrogens with one attached hydrogen (secondary N) is 2. The number of aromatic amines is 1. The lowest BCUT2D eigenvalue weighted by molar-refractivity contribution is 0.566. The number of hydrogen-bond acceptors (Lipinski definition) is 3. The van der Waals surface area contributed by atoms with Gasteiger partial charge in [0.2, 0.25) is 0 Å². The Balaban J connectivity index is 1.89. The first-order chi connectivity index (χ1) is 8.15. The standard InChI is InChI=1S/C13H21N3O/c1-9(2)4-3-7-14-11-8-12(17)16-13(15-11)10-5-6-10/h8-10H,3-7H2,1-2H3,(H2,14,15,16,17). The zero-order chi connectivity index (χ0) is 12.3. The Bertz CT molecular complexity index is 421. The number of rotatable bonds is 6. The van der Waals surface area contributed by atoms with Crippen LogP contribution in [0.2, 0.25) is 0 Å². The molecule has 1 heterocycles. The quantitative estimate of drug-likeness (QED) is 0.745. The highest BCUT2D eigenvalue weighted by molar-refractivity contribution is 5.33. The van der Waals surface area contributed by atoms with Gasteiger partial charge in [-0.1, -0.05) is 13.8 Å². The third kappa shape index (κ3) is 3.88. The molecular formula is C13H21N3O. The van der Waals surface area contributed by atoms with E-state index in [1.165, 1.54) is 6.42 Å². The van der Waals surface area contributed by atoms with Crippen LogP contribution in [0.1, 0.15) is 51.3 Å². The van der Waals surface area contributed by atoms with Gasteiger partial charge in [0.05, 0.1) is 0 Å². The fourth-order valence-electron chi connectivity index (χ4n) is 1.84. The molecule has 0 aromatic carbocycles. The molecule has 1 aliphatic rings. The Morgan fingerprint density at radius 2 is 2.29 bits per heavy atom. The topological polar surface area (TPSA) is 57.8 Å². The Labute approximate surface area is 102 Å². The first-order valence-electron chi connectivity index (χ1n) is 6.50. The molecule has 1 aliphatic carbocycles. The molecule has 94 valence electrons. The monoisotopic (exact) mass is 235 g/mol. The highest BCUT2D eigenvalue weighted by atomic mass is 16.1. The molecule has 0 amide bonds. The second-order valence-corrected chi connectivity index (χ2v) is 5.25. The number of nitrogens with zero attached hydrogens (tertiary/aromatic N) is 1. The SMILES string of the molecule is CC(C)CCCNc1cc(=O)[nH]c(C2CC2)n1. The molecule has 4 nitrogen and oxygen atoms in total. The summed E-state index contributed by atoms with van der Waals surface area (Å²) in [5.41, 5.74) is -0.0479. The second-order valence-electron chi connectivity index (χ2n) is 5.25. The molecule has 4 heteroatoms. The molecule has 1 fully saturated rings. The van der Waals surface area contributed by atoms with Crippen molar-refractivity contribution in [3.05, 3.63) is 22.2 Å². The van der Waals surface area contributed by atoms with Crippen LogP contribution in [-0.2, 0) is 0 Å². The average molecular weight is 235 g/mol. The minimum atomic E-state index is -0.0479. The van der Waals surface area contributed by atoms with E-state index in [9.17, 15) is 4.79 Å². The summed E-state index contributed by atoms with van der Waals surface area (Å²) in [6.45, 7) is 5.33. The molecule has 1 saturated carbocycles. The zero-order valence-electron chi connectivity index (χ0n) is 10.6. The van der Waals surface area contributed by atoms with Gasteiger partial charge < -0.3 is 10.3 Å². The summed E-state index contributed by atoms with van der Waals surface area (Å²) in [5, 5.41) is 3.23. The molecule has 1 aromatic rings. The van der Waals surface area contributed by atoms with E-state index in [-0.39, 0.29) is 5.56 Å². The van der Waals surface area contributed by atoms with Crippen molar-refractivity contribution in [2.24, 2.45) is 5.92 Å². The molecule has 0 unspecified atom stereocenters. The van der Waals surface area contributed by atoms with Crippen LogP contribution in [0.25, 0.3) is 0 Å². The highest BCUT2D eigenvalue weighted by Gasteiger charge is 2.26. The van der Waals surface area contributed by atoms with Crippen molar-refractivity contribution in [2.45, 2.75) is 45.4 Å². The summed E-state index contributed by atoms with van der Waals surface area (Å²) >= 11 is 0. The van der Waals surface area contributed by atoms with Gasteiger partial charge in [0.25, 0.3) is 5.56 Å². The molecule has 0 saturated heterocycles. The molecule has 2 N–H and O–H groups in total. The molecular weight excluding hydrogens is 214 g/mol. The fourth-order valence-corrected chi connectivity index (χ4v) is 1.84. The first kappa shape index (κ1) is 12.1. The Morgan fingerprint density at radius 1 is 1.53 bits per heavy atom. The van der Waals surface area contributed by atoms with Crippen LogP contribution in [0.3, 0.4) is 0 Å². The van der Waals surface area contributed by atoms with E-state index in [1.54, 1.807) is 6.07 Å². The van der Waals surface area contributed by atoms with Gasteiger partial charge >= 0.3 is 0 Å². The van der Waals surface area contributed by atoms with Crippen molar-refractivity contribution in [3.63, 3.8) is 0 Å². The van der Waals surface area contributed by atoms with Crippen LogP contribution in [0.15, 0.2) is 10.9 Å². The normalized spacial score (nSPS) is 15.2. The van der Waals surface area contributed by atoms with Crippen LogP contribution < -0.4 is 10.9 Å². The van der Waals surface area contributed by atoms with E-state index in [0.717, 1.165) is 43.4 Å². The summed E-state index contributed by atoms with van der Waals surface area (Å²) in [6.07, 6.45) is 4.62. The van der Waals surface area contributed by atoms with Crippen molar-refractivity contribution < 1.29 is 0 Å². The van der Waals surface area contributed by atoms with Crippen molar-refractivity contribution in [1.82, 2.24) is 9.97 Å². The minimum Gasteiger partial charge on any atom is -0.370 e. The summed E-state index contributed by atoms with van der Waals surface area (Å²) in [5.74, 6) is 2.79. The highest BCUT2D eigenvalue weighted by Crippen LogP contribution is 2.37. The second kappa shape index (κ2) is 5.34. The maximum Gasteiger partial charge on any atom is 0.252 e. The van der Waals surface area contributed by atoms with Gasteiger partial charge in [-0.25, -0.2) is 4.98 Å². The molecule has 0 bridgehead atoms. The van der Waals surface area contributed by atoms with Crippen LogP contribution >= 0.6 is 0 Å². The van der Waals surface area contributed by atoms with E-state index >= 15 is 0 Å². The van der Waals surface area contributed by atoms with Crippen molar-refractivity contribution in [2.75, 3.05) is 11.9 Å². The van der Waals surface area contributed by atoms with Gasteiger partial charge in [0, 0.05) is 18.5 Å². The van der Waals surface area contributed by atoms with Crippen molar-refractivity contribution in [3.8, 4) is 0 Å². The van der Waals surface area contributed by atoms with Gasteiger partial charge in [0.15, 0.2) is 0 Å². The van der Waals surface area contributed by atoms with Gasteiger partial charge in [0.1, 0.15) is 11.6 Å². The summed E-state index contributed by atoms with van der Waals surface area (Å²) in [6, 6.07) is 1.54. The van der Waals surface area contributed by atoms with Crippen LogP contribution in [0.4, 0.5) is 5.82 Å². The predicted octanol–water partition coefficient (Wildman–Crippen LogP) is 2.50. The van der Waals surface area contributed by atoms with Crippen LogP contribution in [-0.4, -0.2) is 16.5 Å². The molecule has 2 rings (SSSR count). The number of aromatic nitrogens is 2. The Hall–Kier alpha value is -1.32. The zero-order valence-corrected chi connectivity index (χ0v) is 10.6.